The molecule has 0 spiro atoms. The molecule has 0 rings (SSSR count). The number of ether oxygens (including phenoxy) is 1. The molecule has 0 saturated heterocycles. The van der Waals surface area contributed by atoms with Crippen molar-refractivity contribution in [3.8, 4) is 0 Å². The summed E-state index contributed by atoms with van der Waals surface area (Å²) in [6.45, 7) is 14.8. The van der Waals surface area contributed by atoms with Gasteiger partial charge in [0.25, 0.3) is 0 Å². The van der Waals surface area contributed by atoms with Crippen molar-refractivity contribution < 1.29 is 19.1 Å². The fourth-order valence-corrected chi connectivity index (χ4v) is 2.81. The first-order valence-electron chi connectivity index (χ1n) is 7.16. The Labute approximate surface area is 124 Å². The summed E-state index contributed by atoms with van der Waals surface area (Å²) in [6, 6.07) is 0. The van der Waals surface area contributed by atoms with Crippen molar-refractivity contribution in [1.82, 2.24) is 0 Å². The molecular formula is C15H30O4Si. The molecule has 0 aliphatic rings. The maximum Gasteiger partial charge on any atom is 0.308 e. The van der Waals surface area contributed by atoms with Crippen LogP contribution < -0.4 is 0 Å². The lowest BCUT2D eigenvalue weighted by molar-refractivity contribution is -0.144. The normalized spacial score (nSPS) is 15.1. The zero-order chi connectivity index (χ0) is 16.0. The molecule has 4 nitrogen and oxygen atoms in total. The van der Waals surface area contributed by atoms with Crippen molar-refractivity contribution in [1.29, 1.82) is 0 Å². The van der Waals surface area contributed by atoms with Crippen molar-refractivity contribution >= 4 is 14.3 Å². The molecular weight excluding hydrogens is 272 g/mol. The highest BCUT2D eigenvalue weighted by Crippen LogP contribution is 2.38. The van der Waals surface area contributed by atoms with Crippen LogP contribution in [0.2, 0.25) is 18.1 Å². The second kappa shape index (κ2) is 7.95. The van der Waals surface area contributed by atoms with E-state index in [1.54, 1.807) is 13.0 Å². The summed E-state index contributed by atoms with van der Waals surface area (Å²) >= 11 is 0. The average molecular weight is 302 g/mol. The first-order valence-corrected chi connectivity index (χ1v) is 10.1. The lowest BCUT2D eigenvalue weighted by atomic mass is 10.1. The van der Waals surface area contributed by atoms with Gasteiger partial charge in [0.15, 0.2) is 8.32 Å². The fraction of sp³-hybridized carbons (Fsp3) is 0.800. The van der Waals surface area contributed by atoms with Crippen molar-refractivity contribution in [2.75, 3.05) is 13.2 Å². The quantitative estimate of drug-likeness (QED) is 0.445. The molecule has 0 aromatic rings. The standard InChI is InChI=1S/C15H30O4Si/c1-8-18-14(17)11-13(12(2)9-10-16)19-20(6,7)15(3,4)5/h9,13,16H,8,10-11H2,1-7H3/b12-9+. The molecule has 118 valence electrons. The van der Waals surface area contributed by atoms with Crippen LogP contribution in [0, 0.1) is 0 Å². The number of carbonyl (C=O) groups is 1. The smallest absolute Gasteiger partial charge is 0.308 e. The zero-order valence-electron chi connectivity index (χ0n) is 13.9. The van der Waals surface area contributed by atoms with E-state index in [1.807, 2.05) is 6.92 Å². The Morgan fingerprint density at radius 3 is 2.30 bits per heavy atom. The van der Waals surface area contributed by atoms with E-state index in [0.717, 1.165) is 5.57 Å². The number of hydrogen-bond acceptors (Lipinski definition) is 4. The van der Waals surface area contributed by atoms with Crippen LogP contribution >= 0.6 is 0 Å². The minimum absolute atomic E-state index is 0.0496. The molecule has 0 saturated carbocycles. The Kier molecular flexibility index (Phi) is 7.69. The van der Waals surface area contributed by atoms with Crippen LogP contribution in [-0.4, -0.2) is 38.7 Å². The second-order valence-corrected chi connectivity index (χ2v) is 11.3. The number of aliphatic hydroxyl groups is 1. The SMILES string of the molecule is CCOC(=O)CC(O[Si](C)(C)C(C)(C)C)/C(C)=C/CO. The molecule has 0 aromatic heterocycles. The van der Waals surface area contributed by atoms with E-state index in [2.05, 4.69) is 33.9 Å². The molecule has 5 heteroatoms. The molecule has 1 N–H and O–H groups in total. The number of hydrogen-bond donors (Lipinski definition) is 1. The van der Waals surface area contributed by atoms with Gasteiger partial charge in [-0.3, -0.25) is 4.79 Å². The van der Waals surface area contributed by atoms with Gasteiger partial charge in [0.05, 0.1) is 25.7 Å². The van der Waals surface area contributed by atoms with E-state index in [1.165, 1.54) is 0 Å². The lowest BCUT2D eigenvalue weighted by Gasteiger charge is -2.39. The van der Waals surface area contributed by atoms with Gasteiger partial charge in [-0.1, -0.05) is 26.8 Å². The number of rotatable bonds is 7. The number of carbonyl (C=O) groups excluding carboxylic acids is 1. The van der Waals surface area contributed by atoms with Gasteiger partial charge in [-0.15, -0.1) is 0 Å². The van der Waals surface area contributed by atoms with Crippen molar-refractivity contribution in [3.63, 3.8) is 0 Å². The molecule has 0 bridgehead atoms. The lowest BCUT2D eigenvalue weighted by Crippen LogP contribution is -2.44. The highest BCUT2D eigenvalue weighted by Gasteiger charge is 2.39. The van der Waals surface area contributed by atoms with Gasteiger partial charge >= 0.3 is 5.97 Å². The predicted molar refractivity (Wildman–Crippen MR) is 84.2 cm³/mol. The van der Waals surface area contributed by atoms with E-state index >= 15 is 0 Å². The van der Waals surface area contributed by atoms with Crippen LogP contribution in [0.4, 0.5) is 0 Å². The Bertz CT molecular complexity index is 342. The van der Waals surface area contributed by atoms with Gasteiger partial charge in [0.1, 0.15) is 0 Å². The first kappa shape index (κ1) is 19.3. The van der Waals surface area contributed by atoms with Gasteiger partial charge in [0, 0.05) is 0 Å². The Morgan fingerprint density at radius 1 is 1.35 bits per heavy atom. The topological polar surface area (TPSA) is 55.8 Å². The summed E-state index contributed by atoms with van der Waals surface area (Å²) in [4.78, 5) is 11.7. The molecule has 0 fully saturated rings. The summed E-state index contributed by atoms with van der Waals surface area (Å²) in [5, 5.41) is 9.11. The van der Waals surface area contributed by atoms with E-state index < -0.39 is 8.32 Å². The van der Waals surface area contributed by atoms with Crippen LogP contribution in [-0.2, 0) is 14.0 Å². The van der Waals surface area contributed by atoms with Crippen molar-refractivity contribution in [2.24, 2.45) is 0 Å². The Balaban J connectivity index is 5.05. The van der Waals surface area contributed by atoms with Gasteiger partial charge in [-0.05, 0) is 37.6 Å². The highest BCUT2D eigenvalue weighted by molar-refractivity contribution is 6.74. The maximum absolute atomic E-state index is 11.7. The third-order valence-corrected chi connectivity index (χ3v) is 8.31. The summed E-state index contributed by atoms with van der Waals surface area (Å²) in [7, 11) is -1.98. The Hall–Kier alpha value is -0.653. The van der Waals surface area contributed by atoms with Gasteiger partial charge in [-0.25, -0.2) is 0 Å². The number of aliphatic hydroxyl groups excluding tert-OH is 1. The molecule has 0 heterocycles. The minimum Gasteiger partial charge on any atom is -0.466 e. The highest BCUT2D eigenvalue weighted by atomic mass is 28.4. The second-order valence-electron chi connectivity index (χ2n) is 6.51. The van der Waals surface area contributed by atoms with Crippen LogP contribution in [0.25, 0.3) is 0 Å². The summed E-state index contributed by atoms with van der Waals surface area (Å²) in [5.74, 6) is -0.262. The summed E-state index contributed by atoms with van der Waals surface area (Å²) < 4.78 is 11.3. The van der Waals surface area contributed by atoms with Crippen molar-refractivity contribution in [2.45, 2.75) is 65.3 Å². The van der Waals surface area contributed by atoms with E-state index in [0.29, 0.717) is 6.61 Å². The maximum atomic E-state index is 11.7. The van der Waals surface area contributed by atoms with Crippen LogP contribution in [0.5, 0.6) is 0 Å². The first-order chi connectivity index (χ1) is 9.05. The van der Waals surface area contributed by atoms with Crippen LogP contribution in [0.15, 0.2) is 11.6 Å². The van der Waals surface area contributed by atoms with E-state index in [-0.39, 0.29) is 30.1 Å². The Morgan fingerprint density at radius 2 is 1.90 bits per heavy atom. The van der Waals surface area contributed by atoms with Crippen LogP contribution in [0.1, 0.15) is 41.0 Å². The van der Waals surface area contributed by atoms with Gasteiger partial charge in [0.2, 0.25) is 0 Å². The van der Waals surface area contributed by atoms with E-state index in [9.17, 15) is 4.79 Å². The fourth-order valence-electron chi connectivity index (χ4n) is 1.47. The van der Waals surface area contributed by atoms with Crippen molar-refractivity contribution in [3.05, 3.63) is 11.6 Å². The summed E-state index contributed by atoms with van der Waals surface area (Å²) in [6.07, 6.45) is 1.57. The third kappa shape index (κ3) is 6.20. The zero-order valence-corrected chi connectivity index (χ0v) is 14.9. The predicted octanol–water partition coefficient (Wildman–Crippen LogP) is 3.27. The summed E-state index contributed by atoms with van der Waals surface area (Å²) in [5.41, 5.74) is 0.880. The molecule has 0 amide bonds. The molecule has 0 aromatic carbocycles. The van der Waals surface area contributed by atoms with E-state index in [4.69, 9.17) is 14.3 Å². The monoisotopic (exact) mass is 302 g/mol. The molecule has 20 heavy (non-hydrogen) atoms. The van der Waals surface area contributed by atoms with Gasteiger partial charge in [-0.2, -0.15) is 0 Å². The molecule has 1 unspecified atom stereocenters. The molecule has 0 aliphatic carbocycles. The average Bonchev–Trinajstić information content (AvgIpc) is 2.26. The minimum atomic E-state index is -1.98. The largest absolute Gasteiger partial charge is 0.466 e. The molecule has 0 aliphatic heterocycles. The number of esters is 1. The van der Waals surface area contributed by atoms with Crippen LogP contribution in [0.3, 0.4) is 0 Å². The third-order valence-electron chi connectivity index (χ3n) is 3.82. The van der Waals surface area contributed by atoms with Gasteiger partial charge < -0.3 is 14.3 Å². The molecule has 0 radical (unpaired) electrons. The molecule has 1 atom stereocenters.